The van der Waals surface area contributed by atoms with E-state index in [1.165, 1.54) is 25.7 Å². The van der Waals surface area contributed by atoms with Crippen molar-refractivity contribution >= 4 is 0 Å². The van der Waals surface area contributed by atoms with E-state index in [9.17, 15) is 0 Å². The summed E-state index contributed by atoms with van der Waals surface area (Å²) in [4.78, 5) is 4.68. The van der Waals surface area contributed by atoms with Gasteiger partial charge < -0.3 is 14.6 Å². The molecule has 5 nitrogen and oxygen atoms in total. The van der Waals surface area contributed by atoms with Crippen LogP contribution >= 0.6 is 0 Å². The summed E-state index contributed by atoms with van der Waals surface area (Å²) in [5.74, 6) is 1.77. The lowest BCUT2D eigenvalue weighted by Gasteiger charge is -2.23. The first-order chi connectivity index (χ1) is 10.1. The van der Waals surface area contributed by atoms with Crippen LogP contribution < -0.4 is 5.32 Å². The second-order valence-electron chi connectivity index (χ2n) is 6.15. The van der Waals surface area contributed by atoms with E-state index in [0.717, 1.165) is 25.3 Å². The highest BCUT2D eigenvalue weighted by Gasteiger charge is 2.34. The normalized spacial score (nSPS) is 26.3. The van der Waals surface area contributed by atoms with E-state index in [4.69, 9.17) is 9.26 Å². The summed E-state index contributed by atoms with van der Waals surface area (Å²) < 4.78 is 11.2. The number of hydrogen-bond donors (Lipinski definition) is 1. The molecule has 2 rings (SSSR count). The topological polar surface area (TPSA) is 60.2 Å². The van der Waals surface area contributed by atoms with Crippen molar-refractivity contribution in [3.05, 3.63) is 11.7 Å². The molecule has 120 valence electrons. The molecule has 0 aliphatic heterocycles. The number of aromatic nitrogens is 2. The fraction of sp³-hybridized carbons (Fsp3) is 0.875. The zero-order valence-corrected chi connectivity index (χ0v) is 13.8. The van der Waals surface area contributed by atoms with E-state index in [1.807, 2.05) is 6.92 Å². The van der Waals surface area contributed by atoms with E-state index in [1.54, 1.807) is 7.11 Å². The minimum Gasteiger partial charge on any atom is -0.370 e. The van der Waals surface area contributed by atoms with Crippen LogP contribution in [0, 0.1) is 0 Å². The van der Waals surface area contributed by atoms with Crippen molar-refractivity contribution in [2.75, 3.05) is 13.7 Å². The number of nitrogens with one attached hydrogen (secondary N) is 1. The predicted octanol–water partition coefficient (Wildman–Crippen LogP) is 3.37. The van der Waals surface area contributed by atoms with Gasteiger partial charge in [0.05, 0.1) is 5.92 Å². The standard InChI is InChI=1S/C16H29N3O2/c1-5-16(3,20-4)15-18-14(21-19-15)12-10-8-7-9-11-13(12)17-6-2/h12-13,17H,5-11H2,1-4H3. The van der Waals surface area contributed by atoms with Crippen molar-refractivity contribution in [1.82, 2.24) is 15.5 Å². The maximum Gasteiger partial charge on any atom is 0.231 e. The number of methoxy groups -OCH3 is 1. The summed E-state index contributed by atoms with van der Waals surface area (Å²) in [6, 6.07) is 0.446. The molecule has 1 aliphatic carbocycles. The average molecular weight is 295 g/mol. The van der Waals surface area contributed by atoms with Crippen LogP contribution in [0.25, 0.3) is 0 Å². The fourth-order valence-electron chi connectivity index (χ4n) is 3.10. The first-order valence-corrected chi connectivity index (χ1v) is 8.27. The maximum absolute atomic E-state index is 5.60. The van der Waals surface area contributed by atoms with Gasteiger partial charge in [0.25, 0.3) is 0 Å². The highest BCUT2D eigenvalue weighted by Crippen LogP contribution is 2.33. The molecule has 1 fully saturated rings. The molecule has 21 heavy (non-hydrogen) atoms. The van der Waals surface area contributed by atoms with Crippen molar-refractivity contribution < 1.29 is 9.26 Å². The van der Waals surface area contributed by atoms with Crippen LogP contribution in [0.3, 0.4) is 0 Å². The molecule has 0 radical (unpaired) electrons. The van der Waals surface area contributed by atoms with E-state index in [0.29, 0.717) is 17.8 Å². The molecule has 0 aromatic carbocycles. The molecule has 5 heteroatoms. The number of rotatable bonds is 6. The van der Waals surface area contributed by atoms with Gasteiger partial charge in [-0.2, -0.15) is 4.98 Å². The van der Waals surface area contributed by atoms with Crippen molar-refractivity contribution in [2.45, 2.75) is 76.9 Å². The van der Waals surface area contributed by atoms with Gasteiger partial charge in [-0.25, -0.2) is 0 Å². The molecule has 1 heterocycles. The number of ether oxygens (including phenoxy) is 1. The second-order valence-corrected chi connectivity index (χ2v) is 6.15. The lowest BCUT2D eigenvalue weighted by molar-refractivity contribution is -0.0106. The summed E-state index contributed by atoms with van der Waals surface area (Å²) in [7, 11) is 1.70. The monoisotopic (exact) mass is 295 g/mol. The zero-order valence-electron chi connectivity index (χ0n) is 13.8. The maximum atomic E-state index is 5.60. The molecule has 0 spiro atoms. The van der Waals surface area contributed by atoms with Crippen molar-refractivity contribution in [3.63, 3.8) is 0 Å². The van der Waals surface area contributed by atoms with Crippen molar-refractivity contribution in [3.8, 4) is 0 Å². The minimum absolute atomic E-state index is 0.326. The lowest BCUT2D eigenvalue weighted by Crippen LogP contribution is -2.34. The molecule has 1 N–H and O–H groups in total. The molecule has 0 bridgehead atoms. The van der Waals surface area contributed by atoms with Gasteiger partial charge in [0.15, 0.2) is 0 Å². The SMILES string of the molecule is CCNC1CCCCCC1c1nc(C(C)(CC)OC)no1. The van der Waals surface area contributed by atoms with Crippen molar-refractivity contribution in [2.24, 2.45) is 0 Å². The van der Waals surface area contributed by atoms with Gasteiger partial charge in [0.1, 0.15) is 5.60 Å². The third kappa shape index (κ3) is 3.64. The summed E-state index contributed by atoms with van der Waals surface area (Å²) in [6.07, 6.45) is 6.94. The van der Waals surface area contributed by atoms with Crippen LogP contribution in [-0.2, 0) is 10.3 Å². The molecule has 1 aromatic heterocycles. The smallest absolute Gasteiger partial charge is 0.231 e. The molecule has 0 amide bonds. The zero-order chi connectivity index (χ0) is 15.3. The van der Waals surface area contributed by atoms with Crippen molar-refractivity contribution in [1.29, 1.82) is 0 Å². The summed E-state index contributed by atoms with van der Waals surface area (Å²) >= 11 is 0. The highest BCUT2D eigenvalue weighted by molar-refractivity contribution is 5.05. The Hall–Kier alpha value is -0.940. The Kier molecular flexibility index (Phi) is 5.76. The van der Waals surface area contributed by atoms with E-state index in [2.05, 4.69) is 29.3 Å². The molecular formula is C16H29N3O2. The lowest BCUT2D eigenvalue weighted by atomic mass is 9.94. The van der Waals surface area contributed by atoms with Gasteiger partial charge in [-0.05, 0) is 32.7 Å². The van der Waals surface area contributed by atoms with E-state index >= 15 is 0 Å². The van der Waals surface area contributed by atoms with Crippen LogP contribution in [-0.4, -0.2) is 29.8 Å². The number of nitrogens with zero attached hydrogens (tertiary/aromatic N) is 2. The van der Waals surface area contributed by atoms with Crippen LogP contribution in [0.4, 0.5) is 0 Å². The molecular weight excluding hydrogens is 266 g/mol. The van der Waals surface area contributed by atoms with Gasteiger partial charge >= 0.3 is 0 Å². The Labute approximate surface area is 127 Å². The second kappa shape index (κ2) is 7.36. The average Bonchev–Trinajstić information content (AvgIpc) is 2.89. The molecule has 3 unspecified atom stereocenters. The molecule has 3 atom stereocenters. The number of likely N-dealkylation sites (N-methyl/N-ethyl adjacent to an activating group) is 1. The van der Waals surface area contributed by atoms with Crippen LogP contribution in [0.1, 0.15) is 76.9 Å². The first-order valence-electron chi connectivity index (χ1n) is 8.27. The van der Waals surface area contributed by atoms with Crippen LogP contribution in [0.5, 0.6) is 0 Å². The summed E-state index contributed by atoms with van der Waals surface area (Å²) in [5, 5.41) is 7.78. The Morgan fingerprint density at radius 1 is 1.29 bits per heavy atom. The number of hydrogen-bond acceptors (Lipinski definition) is 5. The molecule has 1 aliphatic rings. The first kappa shape index (κ1) is 16.4. The van der Waals surface area contributed by atoms with Gasteiger partial charge in [-0.1, -0.05) is 38.3 Å². The highest BCUT2D eigenvalue weighted by atomic mass is 16.5. The summed E-state index contributed by atoms with van der Waals surface area (Å²) in [6.45, 7) is 7.22. The Balaban J connectivity index is 2.21. The van der Waals surface area contributed by atoms with E-state index in [-0.39, 0.29) is 0 Å². The Morgan fingerprint density at radius 3 is 2.71 bits per heavy atom. The Bertz CT molecular complexity index is 429. The van der Waals surface area contributed by atoms with E-state index < -0.39 is 5.60 Å². The third-order valence-electron chi connectivity index (χ3n) is 4.84. The molecule has 1 saturated carbocycles. The minimum atomic E-state index is -0.458. The largest absolute Gasteiger partial charge is 0.370 e. The molecule has 1 aromatic rings. The van der Waals surface area contributed by atoms with Crippen LogP contribution in [0.15, 0.2) is 4.52 Å². The summed E-state index contributed by atoms with van der Waals surface area (Å²) in [5.41, 5.74) is -0.458. The van der Waals surface area contributed by atoms with Gasteiger partial charge in [0.2, 0.25) is 11.7 Å². The third-order valence-corrected chi connectivity index (χ3v) is 4.84. The Morgan fingerprint density at radius 2 is 2.05 bits per heavy atom. The van der Waals surface area contributed by atoms with Gasteiger partial charge in [-0.3, -0.25) is 0 Å². The predicted molar refractivity (Wildman–Crippen MR) is 82.2 cm³/mol. The van der Waals surface area contributed by atoms with Crippen LogP contribution in [0.2, 0.25) is 0 Å². The molecule has 0 saturated heterocycles. The van der Waals surface area contributed by atoms with Gasteiger partial charge in [0, 0.05) is 13.2 Å². The quantitative estimate of drug-likeness (QED) is 0.815. The fourth-order valence-corrected chi connectivity index (χ4v) is 3.10. The van der Waals surface area contributed by atoms with Gasteiger partial charge in [-0.15, -0.1) is 0 Å².